The molecule has 0 radical (unpaired) electrons. The summed E-state index contributed by atoms with van der Waals surface area (Å²) in [6.07, 6.45) is 5.14. The third-order valence-corrected chi connectivity index (χ3v) is 7.86. The Labute approximate surface area is 153 Å². The van der Waals surface area contributed by atoms with Crippen LogP contribution in [0.15, 0.2) is 40.8 Å². The fourth-order valence-electron chi connectivity index (χ4n) is 3.59. The van der Waals surface area contributed by atoms with Crippen LogP contribution in [0.5, 0.6) is 0 Å². The molecule has 25 heavy (non-hydrogen) atoms. The second-order valence-corrected chi connectivity index (χ2v) is 9.35. The molecule has 1 aromatic rings. The number of halogens is 1. The molecule has 0 saturated heterocycles. The van der Waals surface area contributed by atoms with Gasteiger partial charge in [0.05, 0.1) is 4.90 Å². The average Bonchev–Trinajstić information content (AvgIpc) is 3.13. The zero-order valence-electron chi connectivity index (χ0n) is 14.1. The van der Waals surface area contributed by atoms with Gasteiger partial charge in [-0.2, -0.15) is 0 Å². The second kappa shape index (κ2) is 7.48. The van der Waals surface area contributed by atoms with Crippen LogP contribution in [0, 0.1) is 0 Å². The summed E-state index contributed by atoms with van der Waals surface area (Å²) in [4.78, 5) is 13.1. The van der Waals surface area contributed by atoms with Crippen molar-refractivity contribution in [2.24, 2.45) is 0 Å². The van der Waals surface area contributed by atoms with Crippen LogP contribution in [0.2, 0.25) is 5.02 Å². The molecule has 1 amide bonds. The number of benzene rings is 1. The average molecular weight is 383 g/mol. The van der Waals surface area contributed by atoms with E-state index >= 15 is 0 Å². The molecule has 2 N–H and O–H groups in total. The Balaban J connectivity index is 1.84. The highest BCUT2D eigenvalue weighted by Crippen LogP contribution is 2.41. The van der Waals surface area contributed by atoms with Gasteiger partial charge in [0.15, 0.2) is 14.6 Å². The van der Waals surface area contributed by atoms with E-state index in [0.29, 0.717) is 24.4 Å². The number of amides is 1. The lowest BCUT2D eigenvalue weighted by Gasteiger charge is -2.28. The summed E-state index contributed by atoms with van der Waals surface area (Å²) >= 11 is 5.87. The van der Waals surface area contributed by atoms with Gasteiger partial charge in [-0.05, 0) is 50.1 Å². The Bertz CT molecular complexity index is 766. The molecular weight excluding hydrogens is 360 g/mol. The minimum absolute atomic E-state index is 0.162. The van der Waals surface area contributed by atoms with Crippen molar-refractivity contribution in [2.45, 2.75) is 41.7 Å². The Hall–Kier alpha value is -1.37. The SMILES string of the molecule is O=C(NCC1=CCNCC1)C1(S(=O)(=O)c2ccc(Cl)cc2)CCCC1. The lowest BCUT2D eigenvalue weighted by Crippen LogP contribution is -2.51. The Morgan fingerprint density at radius 3 is 2.48 bits per heavy atom. The normalized spacial score (nSPS) is 20.1. The first-order chi connectivity index (χ1) is 12.0. The van der Waals surface area contributed by atoms with Gasteiger partial charge in [0.2, 0.25) is 5.91 Å². The van der Waals surface area contributed by atoms with Crippen LogP contribution in [-0.4, -0.2) is 38.7 Å². The third kappa shape index (κ3) is 3.61. The molecule has 0 unspecified atom stereocenters. The molecule has 0 aromatic heterocycles. The third-order valence-electron chi connectivity index (χ3n) is 5.10. The van der Waals surface area contributed by atoms with Crippen molar-refractivity contribution in [3.63, 3.8) is 0 Å². The van der Waals surface area contributed by atoms with Crippen LogP contribution in [0.4, 0.5) is 0 Å². The van der Waals surface area contributed by atoms with E-state index in [9.17, 15) is 13.2 Å². The zero-order chi connectivity index (χ0) is 17.9. The summed E-state index contributed by atoms with van der Waals surface area (Å²) in [6.45, 7) is 2.09. The minimum atomic E-state index is -3.77. The number of carbonyl (C=O) groups excluding carboxylic acids is 1. The first kappa shape index (κ1) is 18.4. The van der Waals surface area contributed by atoms with Gasteiger partial charge in [-0.25, -0.2) is 8.42 Å². The van der Waals surface area contributed by atoms with Crippen LogP contribution in [-0.2, 0) is 14.6 Å². The van der Waals surface area contributed by atoms with Gasteiger partial charge in [-0.1, -0.05) is 36.1 Å². The first-order valence-electron chi connectivity index (χ1n) is 8.63. The van der Waals surface area contributed by atoms with Gasteiger partial charge in [-0.3, -0.25) is 4.79 Å². The molecule has 5 nitrogen and oxygen atoms in total. The topological polar surface area (TPSA) is 75.3 Å². The smallest absolute Gasteiger partial charge is 0.242 e. The molecule has 1 aliphatic heterocycles. The lowest BCUT2D eigenvalue weighted by molar-refractivity contribution is -0.123. The minimum Gasteiger partial charge on any atom is -0.351 e. The Morgan fingerprint density at radius 2 is 1.88 bits per heavy atom. The number of rotatable bonds is 5. The van der Waals surface area contributed by atoms with Gasteiger partial charge >= 0.3 is 0 Å². The summed E-state index contributed by atoms with van der Waals surface area (Å²) in [6, 6.07) is 6.07. The molecule has 3 rings (SSSR count). The van der Waals surface area contributed by atoms with E-state index in [2.05, 4.69) is 16.7 Å². The molecule has 1 fully saturated rings. The van der Waals surface area contributed by atoms with Crippen molar-refractivity contribution in [3.05, 3.63) is 40.9 Å². The zero-order valence-corrected chi connectivity index (χ0v) is 15.6. The van der Waals surface area contributed by atoms with Crippen LogP contribution in [0.3, 0.4) is 0 Å². The molecule has 1 saturated carbocycles. The molecule has 0 atom stereocenters. The summed E-state index contributed by atoms with van der Waals surface area (Å²) in [5, 5.41) is 6.58. The van der Waals surface area contributed by atoms with Crippen LogP contribution in [0.1, 0.15) is 32.1 Å². The van der Waals surface area contributed by atoms with Crippen molar-refractivity contribution in [3.8, 4) is 0 Å². The summed E-state index contributed by atoms with van der Waals surface area (Å²) < 4.78 is 25.1. The largest absolute Gasteiger partial charge is 0.351 e. The van der Waals surface area contributed by atoms with Gasteiger partial charge in [-0.15, -0.1) is 0 Å². The summed E-state index contributed by atoms with van der Waals surface area (Å²) in [5.74, 6) is -0.376. The standard InChI is InChI=1S/C18H23ClN2O3S/c19-15-3-5-16(6-4-15)25(23,24)18(9-1-2-10-18)17(22)21-13-14-7-11-20-12-8-14/h3-7,20H,1-2,8-13H2,(H,21,22). The molecule has 1 aromatic carbocycles. The highest BCUT2D eigenvalue weighted by atomic mass is 35.5. The molecule has 1 heterocycles. The summed E-state index contributed by atoms with van der Waals surface area (Å²) in [5.41, 5.74) is 1.14. The maximum atomic E-state index is 13.2. The van der Waals surface area contributed by atoms with Crippen molar-refractivity contribution in [2.75, 3.05) is 19.6 Å². The molecular formula is C18H23ClN2O3S. The number of hydrogen-bond donors (Lipinski definition) is 2. The number of hydrogen-bond acceptors (Lipinski definition) is 4. The fraction of sp³-hybridized carbons (Fsp3) is 0.500. The van der Waals surface area contributed by atoms with E-state index in [-0.39, 0.29) is 10.8 Å². The fourth-order valence-corrected chi connectivity index (χ4v) is 5.80. The van der Waals surface area contributed by atoms with Crippen LogP contribution >= 0.6 is 11.6 Å². The molecule has 1 aliphatic carbocycles. The summed E-state index contributed by atoms with van der Waals surface area (Å²) in [7, 11) is -3.77. The Kier molecular flexibility index (Phi) is 5.51. The molecule has 0 bridgehead atoms. The van der Waals surface area contributed by atoms with Crippen molar-refractivity contribution >= 4 is 27.3 Å². The molecule has 2 aliphatic rings. The van der Waals surface area contributed by atoms with Crippen molar-refractivity contribution < 1.29 is 13.2 Å². The van der Waals surface area contributed by atoms with E-state index in [1.54, 1.807) is 12.1 Å². The number of nitrogens with one attached hydrogen (secondary N) is 2. The number of sulfone groups is 1. The predicted molar refractivity (Wildman–Crippen MR) is 98.4 cm³/mol. The quantitative estimate of drug-likeness (QED) is 0.767. The van der Waals surface area contributed by atoms with E-state index in [1.807, 2.05) is 0 Å². The van der Waals surface area contributed by atoms with E-state index in [0.717, 1.165) is 37.9 Å². The van der Waals surface area contributed by atoms with Crippen molar-refractivity contribution in [1.29, 1.82) is 0 Å². The van der Waals surface area contributed by atoms with Gasteiger partial charge in [0, 0.05) is 18.1 Å². The number of carbonyl (C=O) groups is 1. The highest BCUT2D eigenvalue weighted by molar-refractivity contribution is 7.93. The second-order valence-electron chi connectivity index (χ2n) is 6.66. The Morgan fingerprint density at radius 1 is 1.20 bits per heavy atom. The van der Waals surface area contributed by atoms with E-state index in [4.69, 9.17) is 11.6 Å². The molecule has 136 valence electrons. The molecule has 7 heteroatoms. The maximum Gasteiger partial charge on any atom is 0.242 e. The van der Waals surface area contributed by atoms with Gasteiger partial charge < -0.3 is 10.6 Å². The monoisotopic (exact) mass is 382 g/mol. The van der Waals surface area contributed by atoms with Crippen molar-refractivity contribution in [1.82, 2.24) is 10.6 Å². The maximum absolute atomic E-state index is 13.2. The lowest BCUT2D eigenvalue weighted by atomic mass is 10.1. The van der Waals surface area contributed by atoms with E-state index in [1.165, 1.54) is 12.1 Å². The van der Waals surface area contributed by atoms with Crippen LogP contribution in [0.25, 0.3) is 0 Å². The van der Waals surface area contributed by atoms with Gasteiger partial charge in [0.1, 0.15) is 0 Å². The highest BCUT2D eigenvalue weighted by Gasteiger charge is 2.52. The molecule has 0 spiro atoms. The van der Waals surface area contributed by atoms with Crippen LogP contribution < -0.4 is 10.6 Å². The van der Waals surface area contributed by atoms with E-state index < -0.39 is 14.6 Å². The first-order valence-corrected chi connectivity index (χ1v) is 10.5. The predicted octanol–water partition coefficient (Wildman–Crippen LogP) is 2.46. The van der Waals surface area contributed by atoms with Gasteiger partial charge in [0.25, 0.3) is 0 Å².